The summed E-state index contributed by atoms with van der Waals surface area (Å²) in [5.41, 5.74) is 0.525. The van der Waals surface area contributed by atoms with E-state index in [1.54, 1.807) is 13.0 Å². The van der Waals surface area contributed by atoms with Gasteiger partial charge in [0.15, 0.2) is 11.6 Å². The van der Waals surface area contributed by atoms with Gasteiger partial charge < -0.3 is 9.84 Å². The zero-order valence-electron chi connectivity index (χ0n) is 8.34. The molecule has 1 rings (SSSR count). The second-order valence-electron chi connectivity index (χ2n) is 3.17. The third kappa shape index (κ3) is 3.64. The van der Waals surface area contributed by atoms with Crippen molar-refractivity contribution >= 4 is 15.9 Å². The van der Waals surface area contributed by atoms with Gasteiger partial charge in [-0.15, -0.1) is 0 Å². The van der Waals surface area contributed by atoms with Crippen molar-refractivity contribution in [3.05, 3.63) is 40.6 Å². The molecule has 0 fully saturated rings. The fourth-order valence-corrected chi connectivity index (χ4v) is 1.16. The van der Waals surface area contributed by atoms with Crippen LogP contribution in [0.4, 0.5) is 4.39 Å². The van der Waals surface area contributed by atoms with Crippen molar-refractivity contribution in [3.8, 4) is 5.75 Å². The Labute approximate surface area is 96.5 Å². The number of benzene rings is 1. The van der Waals surface area contributed by atoms with Crippen LogP contribution in [0, 0.1) is 5.82 Å². The molecule has 0 radical (unpaired) electrons. The first-order chi connectivity index (χ1) is 7.00. The van der Waals surface area contributed by atoms with E-state index in [9.17, 15) is 9.50 Å². The zero-order valence-corrected chi connectivity index (χ0v) is 9.92. The van der Waals surface area contributed by atoms with Crippen LogP contribution in [-0.4, -0.2) is 11.7 Å². The lowest BCUT2D eigenvalue weighted by molar-refractivity contribution is 0.198. The molecular weight excluding hydrogens is 263 g/mol. The van der Waals surface area contributed by atoms with Crippen LogP contribution < -0.4 is 4.74 Å². The van der Waals surface area contributed by atoms with E-state index in [1.165, 1.54) is 12.1 Å². The van der Waals surface area contributed by atoms with Crippen molar-refractivity contribution in [2.24, 2.45) is 0 Å². The maximum absolute atomic E-state index is 13.4. The summed E-state index contributed by atoms with van der Waals surface area (Å²) in [5.74, 6) is -0.331. The Morgan fingerprint density at radius 2 is 2.33 bits per heavy atom. The number of hydrogen-bond acceptors (Lipinski definition) is 2. The summed E-state index contributed by atoms with van der Waals surface area (Å²) < 4.78 is 19.1. The van der Waals surface area contributed by atoms with Crippen LogP contribution in [0.2, 0.25) is 0 Å². The molecule has 0 saturated heterocycles. The Kier molecular flexibility index (Phi) is 4.29. The Morgan fingerprint density at radius 3 is 2.80 bits per heavy atom. The standard InChI is InChI=1S/C11H12BrFO2/c1-7(12)6-15-11-4-3-9(8(2)14)5-10(11)13/h3-5,8,14H,1,6H2,2H3. The molecule has 4 heteroatoms. The Balaban J connectivity index is 2.79. The Bertz CT molecular complexity index is 364. The van der Waals surface area contributed by atoms with Gasteiger partial charge in [0, 0.05) is 4.48 Å². The van der Waals surface area contributed by atoms with Gasteiger partial charge in [0.2, 0.25) is 0 Å². The molecule has 0 aliphatic carbocycles. The van der Waals surface area contributed by atoms with Crippen LogP contribution in [0.15, 0.2) is 29.3 Å². The molecular formula is C11H12BrFO2. The first-order valence-electron chi connectivity index (χ1n) is 4.44. The van der Waals surface area contributed by atoms with E-state index in [-0.39, 0.29) is 12.4 Å². The molecule has 0 bridgehead atoms. The van der Waals surface area contributed by atoms with Crippen molar-refractivity contribution in [3.63, 3.8) is 0 Å². The number of aliphatic hydroxyl groups excluding tert-OH is 1. The Morgan fingerprint density at radius 1 is 1.67 bits per heavy atom. The highest BCUT2D eigenvalue weighted by molar-refractivity contribution is 9.11. The minimum atomic E-state index is -0.681. The zero-order chi connectivity index (χ0) is 11.4. The van der Waals surface area contributed by atoms with E-state index in [2.05, 4.69) is 22.5 Å². The molecule has 15 heavy (non-hydrogen) atoms. The van der Waals surface area contributed by atoms with E-state index >= 15 is 0 Å². The van der Waals surface area contributed by atoms with Crippen LogP contribution >= 0.6 is 15.9 Å². The third-order valence-electron chi connectivity index (χ3n) is 1.82. The highest BCUT2D eigenvalue weighted by atomic mass is 79.9. The summed E-state index contributed by atoms with van der Waals surface area (Å²) in [6, 6.07) is 4.38. The van der Waals surface area contributed by atoms with Crippen molar-refractivity contribution < 1.29 is 14.2 Å². The summed E-state index contributed by atoms with van der Waals surface area (Å²) >= 11 is 3.11. The number of rotatable bonds is 4. The van der Waals surface area contributed by atoms with Gasteiger partial charge in [-0.05, 0) is 24.6 Å². The second-order valence-corrected chi connectivity index (χ2v) is 4.29. The maximum Gasteiger partial charge on any atom is 0.165 e. The van der Waals surface area contributed by atoms with Gasteiger partial charge in [0.25, 0.3) is 0 Å². The number of halogens is 2. The molecule has 2 nitrogen and oxygen atoms in total. The van der Waals surface area contributed by atoms with E-state index in [0.717, 1.165) is 0 Å². The van der Waals surface area contributed by atoms with Gasteiger partial charge >= 0.3 is 0 Å². The van der Waals surface area contributed by atoms with Crippen LogP contribution in [0.3, 0.4) is 0 Å². The SMILES string of the molecule is C=C(Br)COc1ccc(C(C)O)cc1F. The van der Waals surface area contributed by atoms with E-state index in [0.29, 0.717) is 10.0 Å². The molecule has 0 aromatic heterocycles. The average molecular weight is 275 g/mol. The van der Waals surface area contributed by atoms with Crippen molar-refractivity contribution in [2.75, 3.05) is 6.61 Å². The van der Waals surface area contributed by atoms with Gasteiger partial charge in [0.1, 0.15) is 6.61 Å². The Hall–Kier alpha value is -0.870. The van der Waals surface area contributed by atoms with Gasteiger partial charge in [-0.25, -0.2) is 4.39 Å². The van der Waals surface area contributed by atoms with Crippen LogP contribution in [0.1, 0.15) is 18.6 Å². The topological polar surface area (TPSA) is 29.5 Å². The predicted molar refractivity (Wildman–Crippen MR) is 60.6 cm³/mol. The monoisotopic (exact) mass is 274 g/mol. The van der Waals surface area contributed by atoms with Gasteiger partial charge in [0.05, 0.1) is 6.10 Å². The van der Waals surface area contributed by atoms with E-state index in [4.69, 9.17) is 4.74 Å². The van der Waals surface area contributed by atoms with E-state index in [1.807, 2.05) is 0 Å². The molecule has 0 spiro atoms. The summed E-state index contributed by atoms with van der Waals surface area (Å²) in [7, 11) is 0. The molecule has 0 aliphatic heterocycles. The molecule has 1 aromatic rings. The number of aliphatic hydroxyl groups is 1. The summed E-state index contributed by atoms with van der Waals surface area (Å²) in [5, 5.41) is 9.23. The highest BCUT2D eigenvalue weighted by Crippen LogP contribution is 2.22. The van der Waals surface area contributed by atoms with Gasteiger partial charge in [-0.3, -0.25) is 0 Å². The molecule has 1 aromatic carbocycles. The van der Waals surface area contributed by atoms with Crippen molar-refractivity contribution in [1.82, 2.24) is 0 Å². The smallest absolute Gasteiger partial charge is 0.165 e. The fraction of sp³-hybridized carbons (Fsp3) is 0.273. The maximum atomic E-state index is 13.4. The van der Waals surface area contributed by atoms with Crippen LogP contribution in [-0.2, 0) is 0 Å². The van der Waals surface area contributed by atoms with Crippen molar-refractivity contribution in [1.29, 1.82) is 0 Å². The normalized spacial score (nSPS) is 12.3. The minimum Gasteiger partial charge on any atom is -0.485 e. The number of ether oxygens (including phenoxy) is 1. The molecule has 1 atom stereocenters. The predicted octanol–water partition coefficient (Wildman–Crippen LogP) is 3.17. The third-order valence-corrected chi connectivity index (χ3v) is 2.05. The first kappa shape index (κ1) is 12.2. The molecule has 1 unspecified atom stereocenters. The van der Waals surface area contributed by atoms with Crippen LogP contribution in [0.25, 0.3) is 0 Å². The molecule has 82 valence electrons. The fourth-order valence-electron chi connectivity index (χ4n) is 1.05. The quantitative estimate of drug-likeness (QED) is 0.914. The lowest BCUT2D eigenvalue weighted by atomic mass is 10.1. The highest BCUT2D eigenvalue weighted by Gasteiger charge is 2.07. The summed E-state index contributed by atoms with van der Waals surface area (Å²) in [6.45, 7) is 5.37. The molecule has 1 N–H and O–H groups in total. The van der Waals surface area contributed by atoms with Gasteiger partial charge in [-0.1, -0.05) is 28.6 Å². The molecule has 0 saturated carbocycles. The van der Waals surface area contributed by atoms with Gasteiger partial charge in [-0.2, -0.15) is 0 Å². The van der Waals surface area contributed by atoms with E-state index < -0.39 is 11.9 Å². The lowest BCUT2D eigenvalue weighted by Crippen LogP contribution is -2.00. The minimum absolute atomic E-state index is 0.153. The summed E-state index contributed by atoms with van der Waals surface area (Å²) in [4.78, 5) is 0. The lowest BCUT2D eigenvalue weighted by Gasteiger charge is -2.09. The first-order valence-corrected chi connectivity index (χ1v) is 5.23. The molecule has 0 heterocycles. The molecule has 0 amide bonds. The van der Waals surface area contributed by atoms with Crippen LogP contribution in [0.5, 0.6) is 5.75 Å². The number of hydrogen-bond donors (Lipinski definition) is 1. The molecule has 0 aliphatic rings. The average Bonchev–Trinajstić information content (AvgIpc) is 2.15. The second kappa shape index (κ2) is 5.28. The summed E-state index contributed by atoms with van der Waals surface area (Å²) in [6.07, 6.45) is -0.681. The van der Waals surface area contributed by atoms with Crippen molar-refractivity contribution in [2.45, 2.75) is 13.0 Å². The largest absolute Gasteiger partial charge is 0.485 e.